The molecule has 3 rings (SSSR count). The third-order valence-electron chi connectivity index (χ3n) is 4.66. The molecule has 0 atom stereocenters. The van der Waals surface area contributed by atoms with E-state index in [1.165, 1.54) is 22.6 Å². The van der Waals surface area contributed by atoms with E-state index in [2.05, 4.69) is 21.8 Å². The van der Waals surface area contributed by atoms with Gasteiger partial charge in [0.2, 0.25) is 5.91 Å². The maximum Gasteiger partial charge on any atom is 0.224 e. The lowest BCUT2D eigenvalue weighted by Gasteiger charge is -2.27. The molecular weight excluding hydrogens is 490 g/mol. The van der Waals surface area contributed by atoms with Crippen LogP contribution in [0.25, 0.3) is 0 Å². The Bertz CT molecular complexity index is 826. The highest BCUT2D eigenvalue weighted by Gasteiger charge is 2.21. The zero-order valence-corrected chi connectivity index (χ0v) is 19.3. The van der Waals surface area contributed by atoms with Crippen LogP contribution in [0.15, 0.2) is 40.7 Å². The largest absolute Gasteiger partial charge is 0.356 e. The summed E-state index contributed by atoms with van der Waals surface area (Å²) in [4.78, 5) is 22.0. The van der Waals surface area contributed by atoms with Gasteiger partial charge in [-0.3, -0.25) is 9.79 Å². The average molecular weight is 516 g/mol. The molecule has 1 aliphatic rings. The van der Waals surface area contributed by atoms with Gasteiger partial charge < -0.3 is 15.1 Å². The number of nitrogens with one attached hydrogen (secondary N) is 1. The summed E-state index contributed by atoms with van der Waals surface area (Å²) in [7, 11) is 3.60. The summed E-state index contributed by atoms with van der Waals surface area (Å²) in [6.45, 7) is 2.57. The maximum atomic E-state index is 13.3. The Hall–Kier alpha value is -1.68. The van der Waals surface area contributed by atoms with Gasteiger partial charge in [-0.2, -0.15) is 0 Å². The van der Waals surface area contributed by atoms with Crippen molar-refractivity contribution in [1.82, 2.24) is 15.1 Å². The second-order valence-corrected chi connectivity index (χ2v) is 7.64. The Labute approximate surface area is 186 Å². The zero-order valence-electron chi connectivity index (χ0n) is 16.2. The second kappa shape index (κ2) is 10.8. The van der Waals surface area contributed by atoms with Crippen molar-refractivity contribution in [2.24, 2.45) is 4.99 Å². The molecule has 0 fully saturated rings. The molecule has 0 bridgehead atoms. The summed E-state index contributed by atoms with van der Waals surface area (Å²) < 4.78 is 13.3. The Morgan fingerprint density at radius 2 is 2.21 bits per heavy atom. The first-order valence-electron chi connectivity index (χ1n) is 9.06. The van der Waals surface area contributed by atoms with Crippen LogP contribution in [0, 0.1) is 5.82 Å². The Morgan fingerprint density at radius 3 is 2.96 bits per heavy atom. The molecule has 1 N–H and O–H groups in total. The summed E-state index contributed by atoms with van der Waals surface area (Å²) >= 11 is 1.77. The fraction of sp³-hybridized carbons (Fsp3) is 0.400. The number of guanidine groups is 1. The van der Waals surface area contributed by atoms with E-state index in [1.807, 2.05) is 22.9 Å². The van der Waals surface area contributed by atoms with Crippen LogP contribution < -0.4 is 5.32 Å². The number of hydrogen-bond donors (Lipinski definition) is 1. The quantitative estimate of drug-likeness (QED) is 0.376. The first-order valence-corrected chi connectivity index (χ1v) is 9.94. The zero-order chi connectivity index (χ0) is 19.2. The molecule has 1 aromatic heterocycles. The van der Waals surface area contributed by atoms with Crippen molar-refractivity contribution in [3.63, 3.8) is 0 Å². The lowest BCUT2D eigenvalue weighted by atomic mass is 10.1. The molecule has 8 heteroatoms. The van der Waals surface area contributed by atoms with Crippen LogP contribution in [-0.4, -0.2) is 48.9 Å². The first-order chi connectivity index (χ1) is 13.1. The fourth-order valence-electron chi connectivity index (χ4n) is 3.27. The molecule has 1 amide bonds. The number of carbonyl (C=O) groups is 1. The van der Waals surface area contributed by atoms with Crippen LogP contribution in [0.1, 0.15) is 22.4 Å². The number of fused-ring (bicyclic) bond motifs is 1. The number of amides is 1. The Balaban J connectivity index is 0.00000280. The standard InChI is InChI=1S/C20H25FN4OS.HI/c1-22-20(24(2)13-15-4-3-5-17(21)12-15)23-9-6-19(26)25-10-7-18-16(14-25)8-11-27-18;/h3-5,8,11-12H,6-7,9-10,13-14H2,1-2H3,(H,22,23);1H. The SMILES string of the molecule is CN=C(NCCC(=O)N1CCc2sccc2C1)N(C)Cc1cccc(F)c1.I. The summed E-state index contributed by atoms with van der Waals surface area (Å²) in [6, 6.07) is 8.64. The molecule has 2 heterocycles. The van der Waals surface area contributed by atoms with Crippen molar-refractivity contribution >= 4 is 47.2 Å². The van der Waals surface area contributed by atoms with Crippen LogP contribution in [0.5, 0.6) is 0 Å². The molecule has 0 spiro atoms. The summed E-state index contributed by atoms with van der Waals surface area (Å²) in [5, 5.41) is 5.32. The third kappa shape index (κ3) is 5.91. The van der Waals surface area contributed by atoms with Crippen molar-refractivity contribution in [1.29, 1.82) is 0 Å². The number of nitrogens with zero attached hydrogens (tertiary/aromatic N) is 3. The molecule has 1 aliphatic heterocycles. The molecule has 0 unspecified atom stereocenters. The van der Waals surface area contributed by atoms with E-state index in [4.69, 9.17) is 0 Å². The van der Waals surface area contributed by atoms with Crippen LogP contribution >= 0.6 is 35.3 Å². The van der Waals surface area contributed by atoms with Gasteiger partial charge in [0, 0.05) is 51.6 Å². The minimum Gasteiger partial charge on any atom is -0.356 e. The van der Waals surface area contributed by atoms with E-state index >= 15 is 0 Å². The Kier molecular flexibility index (Phi) is 8.68. The molecule has 1 aromatic carbocycles. The third-order valence-corrected chi connectivity index (χ3v) is 5.69. The van der Waals surface area contributed by atoms with Crippen molar-refractivity contribution in [2.75, 3.05) is 27.2 Å². The van der Waals surface area contributed by atoms with Gasteiger partial charge in [-0.1, -0.05) is 12.1 Å². The minimum absolute atomic E-state index is 0. The first kappa shape index (κ1) is 22.6. The predicted molar refractivity (Wildman–Crippen MR) is 123 cm³/mol. The summed E-state index contributed by atoms with van der Waals surface area (Å²) in [5.41, 5.74) is 2.15. The lowest BCUT2D eigenvalue weighted by Crippen LogP contribution is -2.41. The van der Waals surface area contributed by atoms with Gasteiger partial charge >= 0.3 is 0 Å². The molecule has 0 saturated heterocycles. The van der Waals surface area contributed by atoms with Gasteiger partial charge in [-0.25, -0.2) is 4.39 Å². The topological polar surface area (TPSA) is 47.9 Å². The van der Waals surface area contributed by atoms with Gasteiger partial charge in [0.1, 0.15) is 5.82 Å². The van der Waals surface area contributed by atoms with Gasteiger partial charge in [0.25, 0.3) is 0 Å². The van der Waals surface area contributed by atoms with Crippen LogP contribution in [-0.2, 0) is 24.3 Å². The maximum absolute atomic E-state index is 13.3. The molecule has 5 nitrogen and oxygen atoms in total. The van der Waals surface area contributed by atoms with E-state index < -0.39 is 0 Å². The van der Waals surface area contributed by atoms with Gasteiger partial charge in [0.05, 0.1) is 0 Å². The van der Waals surface area contributed by atoms with Gasteiger partial charge in [-0.15, -0.1) is 35.3 Å². The number of halogens is 2. The molecule has 152 valence electrons. The molecule has 0 radical (unpaired) electrons. The molecule has 0 saturated carbocycles. The smallest absolute Gasteiger partial charge is 0.224 e. The number of aliphatic imine (C=N–C) groups is 1. The van der Waals surface area contributed by atoms with Crippen molar-refractivity contribution < 1.29 is 9.18 Å². The van der Waals surface area contributed by atoms with E-state index in [1.54, 1.807) is 24.5 Å². The van der Waals surface area contributed by atoms with E-state index in [0.717, 1.165) is 18.5 Å². The van der Waals surface area contributed by atoms with Crippen LogP contribution in [0.2, 0.25) is 0 Å². The average Bonchev–Trinajstić information content (AvgIpc) is 3.12. The molecule has 2 aromatic rings. The summed E-state index contributed by atoms with van der Waals surface area (Å²) in [5.74, 6) is 0.596. The second-order valence-electron chi connectivity index (χ2n) is 6.64. The van der Waals surface area contributed by atoms with E-state index in [9.17, 15) is 9.18 Å². The number of thiophene rings is 1. The van der Waals surface area contributed by atoms with Crippen LogP contribution in [0.3, 0.4) is 0 Å². The molecular formula is C20H26FIN4OS. The highest BCUT2D eigenvalue weighted by molar-refractivity contribution is 14.0. The van der Waals surface area contributed by atoms with Gasteiger partial charge in [-0.05, 0) is 41.1 Å². The molecule has 0 aliphatic carbocycles. The number of rotatable bonds is 5. The Morgan fingerprint density at radius 1 is 1.39 bits per heavy atom. The number of benzene rings is 1. The monoisotopic (exact) mass is 516 g/mol. The van der Waals surface area contributed by atoms with Crippen molar-refractivity contribution in [3.8, 4) is 0 Å². The minimum atomic E-state index is -0.246. The highest BCUT2D eigenvalue weighted by atomic mass is 127. The normalized spacial score (nSPS) is 13.5. The highest BCUT2D eigenvalue weighted by Crippen LogP contribution is 2.24. The number of hydrogen-bond acceptors (Lipinski definition) is 3. The predicted octanol–water partition coefficient (Wildman–Crippen LogP) is 3.49. The van der Waals surface area contributed by atoms with Crippen molar-refractivity contribution in [3.05, 3.63) is 57.5 Å². The van der Waals surface area contributed by atoms with Crippen LogP contribution in [0.4, 0.5) is 4.39 Å². The fourth-order valence-corrected chi connectivity index (χ4v) is 4.16. The van der Waals surface area contributed by atoms with E-state index in [0.29, 0.717) is 32.0 Å². The molecule has 28 heavy (non-hydrogen) atoms. The van der Waals surface area contributed by atoms with Crippen molar-refractivity contribution in [2.45, 2.75) is 25.9 Å². The summed E-state index contributed by atoms with van der Waals surface area (Å²) in [6.07, 6.45) is 1.37. The lowest BCUT2D eigenvalue weighted by molar-refractivity contribution is -0.131. The number of carbonyl (C=O) groups excluding carboxylic acids is 1. The van der Waals surface area contributed by atoms with E-state index in [-0.39, 0.29) is 35.7 Å². The van der Waals surface area contributed by atoms with Gasteiger partial charge in [0.15, 0.2) is 5.96 Å².